The quantitative estimate of drug-likeness (QED) is 0.713. The monoisotopic (exact) mass is 240 g/mol. The van der Waals surface area contributed by atoms with Crippen molar-refractivity contribution >= 4 is 11.3 Å². The topological polar surface area (TPSA) is 24.9 Å². The molecule has 0 aliphatic heterocycles. The van der Waals surface area contributed by atoms with Crippen molar-refractivity contribution in [3.05, 3.63) is 16.6 Å². The number of thiazole rings is 1. The maximum atomic E-state index is 4.32. The molecular weight excluding hydrogens is 216 g/mol. The fourth-order valence-corrected chi connectivity index (χ4v) is 2.58. The average molecular weight is 240 g/mol. The molecule has 1 atom stereocenters. The Morgan fingerprint density at radius 2 is 2.19 bits per heavy atom. The molecule has 1 N–H and O–H groups in total. The van der Waals surface area contributed by atoms with Crippen molar-refractivity contribution in [2.45, 2.75) is 58.4 Å². The summed E-state index contributed by atoms with van der Waals surface area (Å²) in [7, 11) is 0. The van der Waals surface area contributed by atoms with Crippen molar-refractivity contribution in [1.82, 2.24) is 10.3 Å². The molecule has 0 saturated carbocycles. The number of aryl methyl sites for hydroxylation is 1. The lowest BCUT2D eigenvalue weighted by Crippen LogP contribution is -2.29. The standard InChI is InChI=1S/C13H24N2S/c1-3-6-12(14-9-4-2)7-5-8-13-15-10-11-16-13/h10-12,14H,3-9H2,1-2H3. The molecule has 0 fully saturated rings. The Kier molecular flexibility index (Phi) is 7.43. The van der Waals surface area contributed by atoms with E-state index in [1.807, 2.05) is 6.20 Å². The first-order valence-electron chi connectivity index (χ1n) is 6.48. The van der Waals surface area contributed by atoms with Gasteiger partial charge in [0.15, 0.2) is 0 Å². The SMILES string of the molecule is CCCNC(CCC)CCCc1nccs1. The molecule has 1 aromatic heterocycles. The van der Waals surface area contributed by atoms with Gasteiger partial charge in [-0.3, -0.25) is 0 Å². The molecule has 0 spiro atoms. The summed E-state index contributed by atoms with van der Waals surface area (Å²) in [6, 6.07) is 0.713. The molecule has 0 aromatic carbocycles. The van der Waals surface area contributed by atoms with Crippen LogP contribution in [-0.4, -0.2) is 17.6 Å². The molecule has 0 bridgehead atoms. The maximum Gasteiger partial charge on any atom is 0.0924 e. The van der Waals surface area contributed by atoms with Gasteiger partial charge in [-0.15, -0.1) is 11.3 Å². The third-order valence-corrected chi connectivity index (χ3v) is 3.59. The number of hydrogen-bond donors (Lipinski definition) is 1. The Labute approximate surface area is 103 Å². The van der Waals surface area contributed by atoms with Crippen LogP contribution in [-0.2, 0) is 6.42 Å². The van der Waals surface area contributed by atoms with Crippen LogP contribution in [0.5, 0.6) is 0 Å². The van der Waals surface area contributed by atoms with E-state index in [0.717, 1.165) is 13.0 Å². The molecule has 0 aliphatic carbocycles. The lowest BCUT2D eigenvalue weighted by molar-refractivity contribution is 0.437. The van der Waals surface area contributed by atoms with E-state index in [-0.39, 0.29) is 0 Å². The first kappa shape index (κ1) is 13.7. The van der Waals surface area contributed by atoms with Gasteiger partial charge in [-0.1, -0.05) is 20.3 Å². The van der Waals surface area contributed by atoms with Gasteiger partial charge in [-0.2, -0.15) is 0 Å². The van der Waals surface area contributed by atoms with Crippen molar-refractivity contribution in [3.63, 3.8) is 0 Å². The highest BCUT2D eigenvalue weighted by Crippen LogP contribution is 2.11. The van der Waals surface area contributed by atoms with Crippen molar-refractivity contribution in [2.75, 3.05) is 6.54 Å². The molecule has 0 amide bonds. The van der Waals surface area contributed by atoms with E-state index in [9.17, 15) is 0 Å². The molecular formula is C13H24N2S. The number of nitrogens with one attached hydrogen (secondary N) is 1. The van der Waals surface area contributed by atoms with Gasteiger partial charge < -0.3 is 5.32 Å². The second kappa shape index (κ2) is 8.71. The van der Waals surface area contributed by atoms with E-state index < -0.39 is 0 Å². The minimum Gasteiger partial charge on any atom is -0.314 e. The van der Waals surface area contributed by atoms with Crippen molar-refractivity contribution < 1.29 is 0 Å². The van der Waals surface area contributed by atoms with Gasteiger partial charge in [-0.05, 0) is 38.6 Å². The van der Waals surface area contributed by atoms with Gasteiger partial charge in [0, 0.05) is 17.6 Å². The van der Waals surface area contributed by atoms with Crippen molar-refractivity contribution in [3.8, 4) is 0 Å². The van der Waals surface area contributed by atoms with Crippen LogP contribution in [0.4, 0.5) is 0 Å². The van der Waals surface area contributed by atoms with Crippen LogP contribution in [0.3, 0.4) is 0 Å². The van der Waals surface area contributed by atoms with E-state index in [2.05, 4.69) is 29.5 Å². The third-order valence-electron chi connectivity index (χ3n) is 2.75. The summed E-state index contributed by atoms with van der Waals surface area (Å²) >= 11 is 1.77. The van der Waals surface area contributed by atoms with Crippen molar-refractivity contribution in [1.29, 1.82) is 0 Å². The fourth-order valence-electron chi connectivity index (χ4n) is 1.92. The number of aromatic nitrogens is 1. The Hall–Kier alpha value is -0.410. The van der Waals surface area contributed by atoms with Crippen LogP contribution >= 0.6 is 11.3 Å². The highest BCUT2D eigenvalue weighted by Gasteiger charge is 2.06. The zero-order valence-electron chi connectivity index (χ0n) is 10.5. The lowest BCUT2D eigenvalue weighted by atomic mass is 10.0. The van der Waals surface area contributed by atoms with Crippen LogP contribution < -0.4 is 5.32 Å². The number of rotatable bonds is 9. The first-order valence-corrected chi connectivity index (χ1v) is 7.36. The van der Waals surface area contributed by atoms with Crippen molar-refractivity contribution in [2.24, 2.45) is 0 Å². The van der Waals surface area contributed by atoms with Gasteiger partial charge in [0.25, 0.3) is 0 Å². The van der Waals surface area contributed by atoms with Crippen LogP contribution in [0.15, 0.2) is 11.6 Å². The molecule has 2 nitrogen and oxygen atoms in total. The zero-order chi connectivity index (χ0) is 11.6. The Balaban J connectivity index is 2.15. The number of nitrogens with zero attached hydrogens (tertiary/aromatic N) is 1. The summed E-state index contributed by atoms with van der Waals surface area (Å²) in [6.07, 6.45) is 9.40. The molecule has 0 saturated heterocycles. The summed E-state index contributed by atoms with van der Waals surface area (Å²) in [4.78, 5) is 4.32. The average Bonchev–Trinajstić information content (AvgIpc) is 2.79. The molecule has 1 aromatic rings. The van der Waals surface area contributed by atoms with Gasteiger partial charge in [0.2, 0.25) is 0 Å². The normalized spacial score (nSPS) is 12.9. The van der Waals surface area contributed by atoms with Gasteiger partial charge in [0.05, 0.1) is 5.01 Å². The predicted molar refractivity (Wildman–Crippen MR) is 72.0 cm³/mol. The van der Waals surface area contributed by atoms with Crippen LogP contribution in [0.2, 0.25) is 0 Å². The lowest BCUT2D eigenvalue weighted by Gasteiger charge is -2.17. The molecule has 0 radical (unpaired) electrons. The minimum absolute atomic E-state index is 0.713. The Morgan fingerprint density at radius 3 is 2.81 bits per heavy atom. The van der Waals surface area contributed by atoms with E-state index in [4.69, 9.17) is 0 Å². The fraction of sp³-hybridized carbons (Fsp3) is 0.769. The molecule has 16 heavy (non-hydrogen) atoms. The highest BCUT2D eigenvalue weighted by molar-refractivity contribution is 7.09. The Bertz CT molecular complexity index is 246. The largest absolute Gasteiger partial charge is 0.314 e. The summed E-state index contributed by atoms with van der Waals surface area (Å²) in [5, 5.41) is 6.98. The molecule has 1 rings (SSSR count). The maximum absolute atomic E-state index is 4.32. The number of hydrogen-bond acceptors (Lipinski definition) is 3. The highest BCUT2D eigenvalue weighted by atomic mass is 32.1. The van der Waals surface area contributed by atoms with Crippen LogP contribution in [0.1, 0.15) is 51.0 Å². The summed E-state index contributed by atoms with van der Waals surface area (Å²) < 4.78 is 0. The van der Waals surface area contributed by atoms with Crippen LogP contribution in [0, 0.1) is 0 Å². The second-order valence-corrected chi connectivity index (χ2v) is 5.24. The van der Waals surface area contributed by atoms with Gasteiger partial charge >= 0.3 is 0 Å². The molecule has 92 valence electrons. The molecule has 1 heterocycles. The smallest absolute Gasteiger partial charge is 0.0924 e. The van der Waals surface area contributed by atoms with Gasteiger partial charge in [-0.25, -0.2) is 4.98 Å². The summed E-state index contributed by atoms with van der Waals surface area (Å²) in [6.45, 7) is 5.65. The summed E-state index contributed by atoms with van der Waals surface area (Å²) in [5.74, 6) is 0. The zero-order valence-corrected chi connectivity index (χ0v) is 11.4. The summed E-state index contributed by atoms with van der Waals surface area (Å²) in [5.41, 5.74) is 0. The predicted octanol–water partition coefficient (Wildman–Crippen LogP) is 3.63. The van der Waals surface area contributed by atoms with E-state index >= 15 is 0 Å². The molecule has 3 heteroatoms. The minimum atomic E-state index is 0.713. The van der Waals surface area contributed by atoms with Gasteiger partial charge in [0.1, 0.15) is 0 Å². The van der Waals surface area contributed by atoms with E-state index in [0.29, 0.717) is 6.04 Å². The molecule has 0 aliphatic rings. The van der Waals surface area contributed by atoms with E-state index in [1.165, 1.54) is 37.1 Å². The first-order chi connectivity index (χ1) is 7.86. The third kappa shape index (κ3) is 5.61. The second-order valence-electron chi connectivity index (χ2n) is 4.26. The molecule has 1 unspecified atom stereocenters. The van der Waals surface area contributed by atoms with E-state index in [1.54, 1.807) is 11.3 Å². The Morgan fingerprint density at radius 1 is 1.31 bits per heavy atom. The van der Waals surface area contributed by atoms with Crippen LogP contribution in [0.25, 0.3) is 0 Å².